The molecule has 0 radical (unpaired) electrons. The molecule has 0 saturated carbocycles. The molecule has 0 atom stereocenters. The number of rotatable bonds is 6. The molecule has 0 spiro atoms. The van der Waals surface area contributed by atoms with Crippen LogP contribution in [0.3, 0.4) is 0 Å². The molecule has 3 heterocycles. The summed E-state index contributed by atoms with van der Waals surface area (Å²) < 4.78 is 4.61. The van der Waals surface area contributed by atoms with E-state index in [0.29, 0.717) is 17.6 Å². The molecule has 8 aromatic carbocycles. The highest BCUT2D eigenvalue weighted by Gasteiger charge is 2.22. The van der Waals surface area contributed by atoms with Gasteiger partial charge in [0.1, 0.15) is 0 Å². The highest BCUT2D eigenvalue weighted by Crippen LogP contribution is 2.42. The summed E-state index contributed by atoms with van der Waals surface area (Å²) in [5.41, 5.74) is 12.1. The lowest BCUT2D eigenvalue weighted by Crippen LogP contribution is -2.06. The third kappa shape index (κ3) is 5.21. The second kappa shape index (κ2) is 13.0. The van der Waals surface area contributed by atoms with Crippen molar-refractivity contribution in [1.82, 2.24) is 24.1 Å². The summed E-state index contributed by atoms with van der Waals surface area (Å²) in [6, 6.07) is 70.4. The molecule has 0 aliphatic heterocycles. The van der Waals surface area contributed by atoms with E-state index in [9.17, 15) is 0 Å². The van der Waals surface area contributed by atoms with Crippen LogP contribution in [0.25, 0.3) is 100 Å². The smallest absolute Gasteiger partial charge is 0.238 e. The summed E-state index contributed by atoms with van der Waals surface area (Å²) in [5, 5.41) is 4.71. The molecule has 0 aliphatic carbocycles. The maximum Gasteiger partial charge on any atom is 0.238 e. The lowest BCUT2D eigenvalue weighted by molar-refractivity contribution is 0.953. The average Bonchev–Trinajstić information content (AvgIpc) is 3.80. The molecule has 3 aromatic heterocycles. The molecule has 11 aromatic rings. The second-order valence-corrected chi connectivity index (χ2v) is 14.1. The van der Waals surface area contributed by atoms with Gasteiger partial charge in [0.25, 0.3) is 0 Å². The van der Waals surface area contributed by atoms with Gasteiger partial charge in [-0.2, -0.15) is 9.97 Å². The Labute approximate surface area is 323 Å². The van der Waals surface area contributed by atoms with Crippen molar-refractivity contribution in [3.63, 3.8) is 0 Å². The van der Waals surface area contributed by atoms with E-state index in [0.717, 1.165) is 44.3 Å². The Bertz CT molecular complexity index is 3160. The summed E-state index contributed by atoms with van der Waals surface area (Å²) in [6.07, 6.45) is 0. The predicted molar refractivity (Wildman–Crippen MR) is 230 cm³/mol. The molecular formula is C51H33N5. The molecule has 5 heteroatoms. The van der Waals surface area contributed by atoms with Gasteiger partial charge in [-0.1, -0.05) is 164 Å². The monoisotopic (exact) mass is 715 g/mol. The molecule has 56 heavy (non-hydrogen) atoms. The zero-order chi connectivity index (χ0) is 37.0. The Kier molecular flexibility index (Phi) is 7.42. The number of hydrogen-bond donors (Lipinski definition) is 0. The van der Waals surface area contributed by atoms with Crippen molar-refractivity contribution >= 4 is 43.6 Å². The lowest BCUT2D eigenvalue weighted by atomic mass is 10.00. The van der Waals surface area contributed by atoms with Crippen molar-refractivity contribution in [2.75, 3.05) is 0 Å². The first-order chi connectivity index (χ1) is 27.8. The van der Waals surface area contributed by atoms with Crippen molar-refractivity contribution in [3.8, 4) is 56.7 Å². The van der Waals surface area contributed by atoms with Crippen LogP contribution in [0.1, 0.15) is 0 Å². The molecule has 0 saturated heterocycles. The summed E-state index contributed by atoms with van der Waals surface area (Å²) in [5.74, 6) is 1.85. The highest BCUT2D eigenvalue weighted by molar-refractivity contribution is 6.28. The number of para-hydroxylation sites is 2. The second-order valence-electron chi connectivity index (χ2n) is 14.1. The molecule has 0 fully saturated rings. The van der Waals surface area contributed by atoms with Gasteiger partial charge in [-0.05, 0) is 58.7 Å². The highest BCUT2D eigenvalue weighted by atomic mass is 15.2. The van der Waals surface area contributed by atoms with Crippen LogP contribution in [0.15, 0.2) is 200 Å². The number of nitrogens with zero attached hydrogens (tertiary/aromatic N) is 5. The van der Waals surface area contributed by atoms with Gasteiger partial charge in [-0.25, -0.2) is 4.98 Å². The van der Waals surface area contributed by atoms with E-state index in [1.807, 2.05) is 60.7 Å². The van der Waals surface area contributed by atoms with Crippen LogP contribution in [-0.2, 0) is 0 Å². The first-order valence-corrected chi connectivity index (χ1v) is 18.9. The lowest BCUT2D eigenvalue weighted by Gasteiger charge is -2.12. The largest absolute Gasteiger partial charge is 0.309 e. The van der Waals surface area contributed by atoms with Gasteiger partial charge in [0.2, 0.25) is 5.95 Å². The van der Waals surface area contributed by atoms with Crippen LogP contribution < -0.4 is 0 Å². The molecule has 0 unspecified atom stereocenters. The van der Waals surface area contributed by atoms with Crippen molar-refractivity contribution in [3.05, 3.63) is 200 Å². The van der Waals surface area contributed by atoms with Crippen LogP contribution in [-0.4, -0.2) is 24.1 Å². The van der Waals surface area contributed by atoms with Gasteiger partial charge in [0, 0.05) is 38.4 Å². The summed E-state index contributed by atoms with van der Waals surface area (Å²) in [4.78, 5) is 15.3. The van der Waals surface area contributed by atoms with Gasteiger partial charge in [-0.3, -0.25) is 4.57 Å². The summed E-state index contributed by atoms with van der Waals surface area (Å²) >= 11 is 0. The topological polar surface area (TPSA) is 48.5 Å². The number of fused-ring (bicyclic) bond motifs is 7. The van der Waals surface area contributed by atoms with Crippen molar-refractivity contribution in [2.24, 2.45) is 0 Å². The summed E-state index contributed by atoms with van der Waals surface area (Å²) in [7, 11) is 0. The van der Waals surface area contributed by atoms with Gasteiger partial charge in [0.05, 0.1) is 22.1 Å². The molecule has 5 nitrogen and oxygen atoms in total. The SMILES string of the molecule is c1ccc(-c2ccc(-c3cccc(-n4c5ccccc5c5c6c7ccccc7n(-c7nc(-c8ccccc8)nc(-c8ccccc8)n7)c6ccc54)c3)cc2)cc1. The minimum atomic E-state index is 0.581. The van der Waals surface area contributed by atoms with Crippen molar-refractivity contribution in [1.29, 1.82) is 0 Å². The van der Waals surface area contributed by atoms with E-state index in [1.54, 1.807) is 0 Å². The van der Waals surface area contributed by atoms with Gasteiger partial charge in [0.15, 0.2) is 11.6 Å². The fraction of sp³-hybridized carbons (Fsp3) is 0. The molecule has 0 bridgehead atoms. The number of aromatic nitrogens is 5. The average molecular weight is 716 g/mol. The minimum absolute atomic E-state index is 0.581. The molecule has 0 N–H and O–H groups in total. The fourth-order valence-electron chi connectivity index (χ4n) is 8.22. The van der Waals surface area contributed by atoms with Gasteiger partial charge >= 0.3 is 0 Å². The Morgan fingerprint density at radius 3 is 1.29 bits per heavy atom. The normalized spacial score (nSPS) is 11.6. The maximum atomic E-state index is 5.16. The zero-order valence-corrected chi connectivity index (χ0v) is 30.3. The Morgan fingerprint density at radius 1 is 0.286 bits per heavy atom. The Hall–Kier alpha value is -7.63. The van der Waals surface area contributed by atoms with E-state index in [1.165, 1.54) is 38.4 Å². The third-order valence-corrected chi connectivity index (χ3v) is 10.8. The Balaban J connectivity index is 1.13. The van der Waals surface area contributed by atoms with Crippen LogP contribution >= 0.6 is 0 Å². The fourth-order valence-corrected chi connectivity index (χ4v) is 8.22. The zero-order valence-electron chi connectivity index (χ0n) is 30.3. The van der Waals surface area contributed by atoms with E-state index >= 15 is 0 Å². The van der Waals surface area contributed by atoms with Crippen LogP contribution in [0.2, 0.25) is 0 Å². The van der Waals surface area contributed by atoms with E-state index < -0.39 is 0 Å². The minimum Gasteiger partial charge on any atom is -0.309 e. The van der Waals surface area contributed by atoms with Gasteiger partial charge in [-0.15, -0.1) is 0 Å². The van der Waals surface area contributed by atoms with Gasteiger partial charge < -0.3 is 4.57 Å². The maximum absolute atomic E-state index is 5.16. The predicted octanol–water partition coefficient (Wildman–Crippen LogP) is 12.7. The number of benzene rings is 8. The standard InChI is InChI=1S/C51H33N5/c1-4-15-34(16-5-1)35-27-29-36(30-28-35)39-21-14-22-40(33-39)55-43-25-12-10-23-41(43)47-45(55)31-32-46-48(47)42-24-11-13-26-44(42)56(46)51-53-49(37-17-6-2-7-18-37)52-50(54-51)38-19-8-3-9-20-38/h1-33H. The first kappa shape index (κ1) is 31.9. The summed E-state index contributed by atoms with van der Waals surface area (Å²) in [6.45, 7) is 0. The van der Waals surface area contributed by atoms with E-state index in [-0.39, 0.29) is 0 Å². The van der Waals surface area contributed by atoms with Crippen LogP contribution in [0, 0.1) is 0 Å². The first-order valence-electron chi connectivity index (χ1n) is 18.9. The molecule has 262 valence electrons. The quantitative estimate of drug-likeness (QED) is 0.172. The third-order valence-electron chi connectivity index (χ3n) is 10.8. The van der Waals surface area contributed by atoms with Crippen molar-refractivity contribution in [2.45, 2.75) is 0 Å². The molecular weight excluding hydrogens is 683 g/mol. The van der Waals surface area contributed by atoms with E-state index in [4.69, 9.17) is 15.0 Å². The molecule has 11 rings (SSSR count). The van der Waals surface area contributed by atoms with Crippen LogP contribution in [0.4, 0.5) is 0 Å². The Morgan fingerprint density at radius 2 is 0.714 bits per heavy atom. The van der Waals surface area contributed by atoms with Crippen molar-refractivity contribution < 1.29 is 0 Å². The van der Waals surface area contributed by atoms with E-state index in [2.05, 4.69) is 149 Å². The van der Waals surface area contributed by atoms with Crippen LogP contribution in [0.5, 0.6) is 0 Å². The molecule has 0 aliphatic rings. The number of hydrogen-bond acceptors (Lipinski definition) is 3. The molecule has 0 amide bonds.